The maximum absolute atomic E-state index is 4.32. The third-order valence-corrected chi connectivity index (χ3v) is 5.49. The fourth-order valence-corrected chi connectivity index (χ4v) is 4.50. The molecule has 1 heterocycles. The lowest BCUT2D eigenvalue weighted by Gasteiger charge is -2.46. The molecular weight excluding hydrogens is 326 g/mol. The van der Waals surface area contributed by atoms with Gasteiger partial charge in [0.1, 0.15) is 0 Å². The molecule has 1 unspecified atom stereocenters. The van der Waals surface area contributed by atoms with Crippen molar-refractivity contribution in [3.8, 4) is 0 Å². The number of hydrogen-bond donors (Lipinski definition) is 1. The Morgan fingerprint density at radius 3 is 2.48 bits per heavy atom. The molecule has 1 saturated carbocycles. The molecule has 1 N–H and O–H groups in total. The van der Waals surface area contributed by atoms with Crippen molar-refractivity contribution in [2.45, 2.75) is 57.5 Å². The molecule has 1 aromatic rings. The largest absolute Gasteiger partial charge is 0.315 e. The van der Waals surface area contributed by atoms with Crippen molar-refractivity contribution in [1.82, 2.24) is 15.2 Å². The van der Waals surface area contributed by atoms with Gasteiger partial charge in [-0.2, -0.15) is 0 Å². The Bertz CT molecular complexity index is 439. The van der Waals surface area contributed by atoms with Crippen LogP contribution in [0.3, 0.4) is 0 Å². The number of rotatable bonds is 7. The molecule has 0 saturated heterocycles. The van der Waals surface area contributed by atoms with Gasteiger partial charge in [-0.05, 0) is 67.0 Å². The number of pyridine rings is 1. The molecule has 3 nitrogen and oxygen atoms in total. The molecule has 0 radical (unpaired) electrons. The number of nitrogens with one attached hydrogen (secondary N) is 1. The van der Waals surface area contributed by atoms with E-state index in [1.807, 2.05) is 12.4 Å². The minimum Gasteiger partial charge on any atom is -0.315 e. The lowest BCUT2D eigenvalue weighted by molar-refractivity contribution is 0.0658. The third kappa shape index (κ3) is 3.66. The fourth-order valence-electron chi connectivity index (χ4n) is 4.09. The van der Waals surface area contributed by atoms with Gasteiger partial charge in [0, 0.05) is 28.4 Å². The Morgan fingerprint density at radius 2 is 1.95 bits per heavy atom. The summed E-state index contributed by atoms with van der Waals surface area (Å²) in [5.41, 5.74) is 1.61. The summed E-state index contributed by atoms with van der Waals surface area (Å²) in [5, 5.41) is 3.62. The molecule has 21 heavy (non-hydrogen) atoms. The highest BCUT2D eigenvalue weighted by Crippen LogP contribution is 2.39. The number of nitrogens with zero attached hydrogens (tertiary/aromatic N) is 2. The lowest BCUT2D eigenvalue weighted by Crippen LogP contribution is -2.60. The van der Waals surface area contributed by atoms with Crippen molar-refractivity contribution in [3.63, 3.8) is 0 Å². The SMILES string of the molecule is CCN(CC)C1(C(Cc2cncc(Br)c2)NC)CCCC1. The first kappa shape index (κ1) is 16.9. The van der Waals surface area contributed by atoms with E-state index in [1.165, 1.54) is 31.2 Å². The lowest BCUT2D eigenvalue weighted by atomic mass is 9.82. The van der Waals surface area contributed by atoms with Gasteiger partial charge in [-0.25, -0.2) is 0 Å². The van der Waals surface area contributed by atoms with E-state index in [2.05, 4.69) is 58.1 Å². The third-order valence-electron chi connectivity index (χ3n) is 5.06. The fraction of sp³-hybridized carbons (Fsp3) is 0.706. The average molecular weight is 354 g/mol. The molecule has 0 aliphatic heterocycles. The average Bonchev–Trinajstić information content (AvgIpc) is 2.96. The Kier molecular flexibility index (Phi) is 6.20. The molecule has 0 amide bonds. The summed E-state index contributed by atoms with van der Waals surface area (Å²) in [4.78, 5) is 6.99. The second kappa shape index (κ2) is 7.70. The molecule has 0 spiro atoms. The summed E-state index contributed by atoms with van der Waals surface area (Å²) in [6.45, 7) is 6.84. The van der Waals surface area contributed by atoms with Gasteiger partial charge in [0.05, 0.1) is 0 Å². The van der Waals surface area contributed by atoms with Gasteiger partial charge in [0.15, 0.2) is 0 Å². The first-order chi connectivity index (χ1) is 10.2. The van der Waals surface area contributed by atoms with Crippen LogP contribution in [-0.2, 0) is 6.42 Å². The molecule has 4 heteroatoms. The summed E-state index contributed by atoms with van der Waals surface area (Å²) < 4.78 is 1.07. The molecule has 1 atom stereocenters. The first-order valence-corrected chi connectivity index (χ1v) is 8.97. The zero-order chi connectivity index (χ0) is 15.3. The zero-order valence-electron chi connectivity index (χ0n) is 13.5. The van der Waals surface area contributed by atoms with Crippen LogP contribution >= 0.6 is 15.9 Å². The van der Waals surface area contributed by atoms with Gasteiger partial charge in [-0.15, -0.1) is 0 Å². The standard InChI is InChI=1S/C17H28BrN3/c1-4-21(5-2)17(8-6-7-9-17)16(19-3)11-14-10-15(18)13-20-12-14/h10,12-13,16,19H,4-9,11H2,1-3H3. The number of hydrogen-bond acceptors (Lipinski definition) is 3. The smallest absolute Gasteiger partial charge is 0.0410 e. The highest BCUT2D eigenvalue weighted by atomic mass is 79.9. The summed E-state index contributed by atoms with van der Waals surface area (Å²) >= 11 is 3.53. The van der Waals surface area contributed by atoms with E-state index in [1.54, 1.807) is 0 Å². The van der Waals surface area contributed by atoms with Crippen molar-refractivity contribution in [1.29, 1.82) is 0 Å². The Morgan fingerprint density at radius 1 is 1.29 bits per heavy atom. The minimum absolute atomic E-state index is 0.306. The number of halogens is 1. The van der Waals surface area contributed by atoms with E-state index in [0.29, 0.717) is 11.6 Å². The maximum Gasteiger partial charge on any atom is 0.0410 e. The van der Waals surface area contributed by atoms with Crippen LogP contribution in [0.5, 0.6) is 0 Å². The van der Waals surface area contributed by atoms with E-state index in [0.717, 1.165) is 24.0 Å². The maximum atomic E-state index is 4.32. The molecule has 118 valence electrons. The van der Waals surface area contributed by atoms with Crippen LogP contribution in [0.15, 0.2) is 22.9 Å². The van der Waals surface area contributed by atoms with Gasteiger partial charge in [-0.3, -0.25) is 9.88 Å². The van der Waals surface area contributed by atoms with E-state index in [-0.39, 0.29) is 0 Å². The van der Waals surface area contributed by atoms with Gasteiger partial charge in [0.25, 0.3) is 0 Å². The van der Waals surface area contributed by atoms with Crippen LogP contribution in [0, 0.1) is 0 Å². The van der Waals surface area contributed by atoms with Gasteiger partial charge in [0.2, 0.25) is 0 Å². The van der Waals surface area contributed by atoms with Crippen molar-refractivity contribution < 1.29 is 0 Å². The Balaban J connectivity index is 2.24. The molecule has 1 aromatic heterocycles. The molecule has 1 aliphatic rings. The molecule has 1 aliphatic carbocycles. The van der Waals surface area contributed by atoms with Crippen LogP contribution in [0.25, 0.3) is 0 Å². The summed E-state index contributed by atoms with van der Waals surface area (Å²) in [6.07, 6.45) is 10.2. The van der Waals surface area contributed by atoms with Crippen LogP contribution in [0.1, 0.15) is 45.1 Å². The van der Waals surface area contributed by atoms with Gasteiger partial charge < -0.3 is 5.32 Å². The van der Waals surface area contributed by atoms with Crippen LogP contribution in [-0.4, -0.2) is 41.6 Å². The molecule has 0 bridgehead atoms. The molecule has 1 fully saturated rings. The van der Waals surface area contributed by atoms with Gasteiger partial charge in [-0.1, -0.05) is 26.7 Å². The van der Waals surface area contributed by atoms with Crippen LogP contribution in [0.4, 0.5) is 0 Å². The quantitative estimate of drug-likeness (QED) is 0.811. The van der Waals surface area contributed by atoms with Crippen LogP contribution < -0.4 is 5.32 Å². The van der Waals surface area contributed by atoms with Crippen molar-refractivity contribution in [2.75, 3.05) is 20.1 Å². The summed E-state index contributed by atoms with van der Waals surface area (Å²) in [7, 11) is 2.11. The Labute approximate surface area is 137 Å². The van der Waals surface area contributed by atoms with Crippen molar-refractivity contribution in [3.05, 3.63) is 28.5 Å². The molecule has 2 rings (SSSR count). The second-order valence-electron chi connectivity index (χ2n) is 6.04. The monoisotopic (exact) mass is 353 g/mol. The molecular formula is C17H28BrN3. The van der Waals surface area contributed by atoms with Crippen LogP contribution in [0.2, 0.25) is 0 Å². The Hall–Kier alpha value is -0.450. The van der Waals surface area contributed by atoms with E-state index in [4.69, 9.17) is 0 Å². The second-order valence-corrected chi connectivity index (χ2v) is 6.96. The minimum atomic E-state index is 0.306. The normalized spacial score (nSPS) is 19.1. The summed E-state index contributed by atoms with van der Waals surface area (Å²) in [6, 6.07) is 2.68. The predicted octanol–water partition coefficient (Wildman–Crippen LogP) is 3.63. The van der Waals surface area contributed by atoms with E-state index in [9.17, 15) is 0 Å². The van der Waals surface area contributed by atoms with E-state index >= 15 is 0 Å². The van der Waals surface area contributed by atoms with Crippen molar-refractivity contribution in [2.24, 2.45) is 0 Å². The predicted molar refractivity (Wildman–Crippen MR) is 92.6 cm³/mol. The molecule has 0 aromatic carbocycles. The van der Waals surface area contributed by atoms with Gasteiger partial charge >= 0.3 is 0 Å². The number of likely N-dealkylation sites (N-methyl/N-ethyl adjacent to an activating group) is 2. The van der Waals surface area contributed by atoms with E-state index < -0.39 is 0 Å². The zero-order valence-corrected chi connectivity index (χ0v) is 15.1. The number of aromatic nitrogens is 1. The first-order valence-electron chi connectivity index (χ1n) is 8.18. The summed E-state index contributed by atoms with van der Waals surface area (Å²) in [5.74, 6) is 0. The highest BCUT2D eigenvalue weighted by molar-refractivity contribution is 9.10. The topological polar surface area (TPSA) is 28.2 Å². The van der Waals surface area contributed by atoms with Crippen molar-refractivity contribution >= 4 is 15.9 Å². The highest BCUT2D eigenvalue weighted by Gasteiger charge is 2.44.